The maximum absolute atomic E-state index is 12.1. The molecule has 2 aromatic heterocycles. The smallest absolute Gasteiger partial charge is 0.276 e. The van der Waals surface area contributed by atoms with Gasteiger partial charge in [0.2, 0.25) is 0 Å². The van der Waals surface area contributed by atoms with Gasteiger partial charge in [-0.1, -0.05) is 17.7 Å². The highest BCUT2D eigenvalue weighted by atomic mass is 35.5. The van der Waals surface area contributed by atoms with Crippen molar-refractivity contribution in [2.75, 3.05) is 12.4 Å². The molecule has 0 unspecified atom stereocenters. The van der Waals surface area contributed by atoms with E-state index in [4.69, 9.17) is 16.3 Å². The van der Waals surface area contributed by atoms with E-state index >= 15 is 0 Å². The molecule has 116 valence electrons. The molecular weight excluding hydrogens is 334 g/mol. The fourth-order valence-electron chi connectivity index (χ4n) is 1.95. The first-order valence-corrected chi connectivity index (χ1v) is 7.95. The highest BCUT2D eigenvalue weighted by Crippen LogP contribution is 2.31. The first kappa shape index (κ1) is 15.5. The van der Waals surface area contributed by atoms with E-state index in [-0.39, 0.29) is 5.91 Å². The zero-order chi connectivity index (χ0) is 16.2. The van der Waals surface area contributed by atoms with Gasteiger partial charge in [-0.3, -0.25) is 15.1 Å². The molecule has 0 aliphatic rings. The number of hydrogen-bond donors (Lipinski definition) is 1. The molecule has 5 nitrogen and oxygen atoms in total. The summed E-state index contributed by atoms with van der Waals surface area (Å²) < 4.78 is 5.13. The minimum Gasteiger partial charge on any atom is -0.495 e. The number of methoxy groups -OCH3 is 1. The lowest BCUT2D eigenvalue weighted by molar-refractivity contribution is 0.102. The number of anilines is 1. The van der Waals surface area contributed by atoms with Crippen LogP contribution in [0.4, 0.5) is 5.13 Å². The predicted molar refractivity (Wildman–Crippen MR) is 91.3 cm³/mol. The summed E-state index contributed by atoms with van der Waals surface area (Å²) in [5.74, 6) is 0.314. The van der Waals surface area contributed by atoms with Crippen molar-refractivity contribution in [3.63, 3.8) is 0 Å². The van der Waals surface area contributed by atoms with Crippen LogP contribution in [-0.4, -0.2) is 23.0 Å². The van der Waals surface area contributed by atoms with Crippen molar-refractivity contribution in [1.82, 2.24) is 9.97 Å². The molecule has 1 amide bonds. The summed E-state index contributed by atoms with van der Waals surface area (Å²) in [5.41, 5.74) is 1.93. The molecule has 0 saturated carbocycles. The standard InChI is InChI=1S/C16H12ClN3O2S/c1-22-14-6-5-10(8-11(14)17)13-9-23-16(19-13)20-15(21)12-4-2-3-7-18-12/h2-9H,1H3,(H,19,20,21). The van der Waals surface area contributed by atoms with E-state index in [1.807, 2.05) is 11.4 Å². The Bertz CT molecular complexity index is 836. The van der Waals surface area contributed by atoms with Crippen LogP contribution in [0.25, 0.3) is 11.3 Å². The molecule has 23 heavy (non-hydrogen) atoms. The van der Waals surface area contributed by atoms with Gasteiger partial charge in [0.1, 0.15) is 11.4 Å². The van der Waals surface area contributed by atoms with Crippen LogP contribution >= 0.6 is 22.9 Å². The zero-order valence-corrected chi connectivity index (χ0v) is 13.7. The molecule has 0 radical (unpaired) electrons. The van der Waals surface area contributed by atoms with E-state index in [1.165, 1.54) is 11.3 Å². The Labute approximate surface area is 141 Å². The second kappa shape index (κ2) is 6.76. The van der Waals surface area contributed by atoms with Crippen molar-refractivity contribution in [3.8, 4) is 17.0 Å². The number of amides is 1. The second-order valence-corrected chi connectivity index (χ2v) is 5.82. The fourth-order valence-corrected chi connectivity index (χ4v) is 2.92. The number of hydrogen-bond acceptors (Lipinski definition) is 5. The molecule has 7 heteroatoms. The number of nitrogens with one attached hydrogen (secondary N) is 1. The molecule has 0 aliphatic heterocycles. The Morgan fingerprint density at radius 3 is 2.87 bits per heavy atom. The lowest BCUT2D eigenvalue weighted by Gasteiger charge is -2.04. The van der Waals surface area contributed by atoms with Crippen molar-refractivity contribution in [2.45, 2.75) is 0 Å². The molecule has 0 aliphatic carbocycles. The molecule has 0 spiro atoms. The largest absolute Gasteiger partial charge is 0.495 e. The summed E-state index contributed by atoms with van der Waals surface area (Å²) in [6.45, 7) is 0. The number of nitrogens with zero attached hydrogens (tertiary/aromatic N) is 2. The van der Waals surface area contributed by atoms with Crippen LogP contribution in [0.3, 0.4) is 0 Å². The van der Waals surface area contributed by atoms with Gasteiger partial charge in [0.25, 0.3) is 5.91 Å². The summed E-state index contributed by atoms with van der Waals surface area (Å²) in [4.78, 5) is 20.5. The number of rotatable bonds is 4. The van der Waals surface area contributed by atoms with Crippen LogP contribution in [-0.2, 0) is 0 Å². The van der Waals surface area contributed by atoms with Crippen molar-refractivity contribution in [1.29, 1.82) is 0 Å². The van der Waals surface area contributed by atoms with Gasteiger partial charge in [0, 0.05) is 17.1 Å². The van der Waals surface area contributed by atoms with Gasteiger partial charge in [-0.2, -0.15) is 0 Å². The highest BCUT2D eigenvalue weighted by molar-refractivity contribution is 7.14. The van der Waals surface area contributed by atoms with Gasteiger partial charge in [-0.25, -0.2) is 4.98 Å². The van der Waals surface area contributed by atoms with E-state index < -0.39 is 0 Å². The first-order valence-electron chi connectivity index (χ1n) is 6.69. The Morgan fingerprint density at radius 2 is 2.17 bits per heavy atom. The molecule has 0 fully saturated rings. The van der Waals surface area contributed by atoms with Crippen molar-refractivity contribution in [2.24, 2.45) is 0 Å². The van der Waals surface area contributed by atoms with Crippen molar-refractivity contribution < 1.29 is 9.53 Å². The molecule has 0 saturated heterocycles. The van der Waals surface area contributed by atoms with Gasteiger partial charge < -0.3 is 4.74 Å². The Kier molecular flexibility index (Phi) is 4.55. The summed E-state index contributed by atoms with van der Waals surface area (Å²) in [5, 5.41) is 5.60. The van der Waals surface area contributed by atoms with Gasteiger partial charge >= 0.3 is 0 Å². The number of ether oxygens (including phenoxy) is 1. The maximum atomic E-state index is 12.1. The lowest BCUT2D eigenvalue weighted by atomic mass is 10.2. The van der Waals surface area contributed by atoms with E-state index in [0.29, 0.717) is 21.6 Å². The first-order chi connectivity index (χ1) is 11.2. The zero-order valence-electron chi connectivity index (χ0n) is 12.1. The number of carbonyl (C=O) groups is 1. The average Bonchev–Trinajstić information content (AvgIpc) is 3.04. The molecule has 0 bridgehead atoms. The molecule has 3 rings (SSSR count). The number of halogens is 1. The van der Waals surface area contributed by atoms with Gasteiger partial charge in [0.15, 0.2) is 5.13 Å². The van der Waals surface area contributed by atoms with Crippen LogP contribution in [0.5, 0.6) is 5.75 Å². The minimum absolute atomic E-state index is 0.292. The number of thiazole rings is 1. The molecule has 1 N–H and O–H groups in total. The summed E-state index contributed by atoms with van der Waals surface area (Å²) in [7, 11) is 1.56. The normalized spacial score (nSPS) is 10.3. The number of benzene rings is 1. The Hall–Kier alpha value is -2.44. The van der Waals surface area contributed by atoms with Gasteiger partial charge in [0.05, 0.1) is 17.8 Å². The number of aromatic nitrogens is 2. The third-order valence-corrected chi connectivity index (χ3v) is 4.12. The SMILES string of the molecule is COc1ccc(-c2csc(NC(=O)c3ccccn3)n2)cc1Cl. The molecule has 2 heterocycles. The third kappa shape index (κ3) is 3.49. The summed E-state index contributed by atoms with van der Waals surface area (Å²) >= 11 is 7.46. The molecular formula is C16H12ClN3O2S. The quantitative estimate of drug-likeness (QED) is 0.772. The minimum atomic E-state index is -0.292. The molecule has 0 atom stereocenters. The second-order valence-electron chi connectivity index (χ2n) is 4.56. The summed E-state index contributed by atoms with van der Waals surface area (Å²) in [6, 6.07) is 10.6. The van der Waals surface area contributed by atoms with Crippen LogP contribution < -0.4 is 10.1 Å². The topological polar surface area (TPSA) is 64.1 Å². The Balaban J connectivity index is 1.78. The van der Waals surface area contributed by atoms with Gasteiger partial charge in [-0.05, 0) is 30.3 Å². The van der Waals surface area contributed by atoms with E-state index in [0.717, 1.165) is 11.3 Å². The lowest BCUT2D eigenvalue weighted by Crippen LogP contribution is -2.13. The van der Waals surface area contributed by atoms with E-state index in [2.05, 4.69) is 15.3 Å². The summed E-state index contributed by atoms with van der Waals surface area (Å²) in [6.07, 6.45) is 1.57. The predicted octanol–water partition coefficient (Wildman–Crippen LogP) is 4.12. The van der Waals surface area contributed by atoms with Crippen LogP contribution in [0.2, 0.25) is 5.02 Å². The molecule has 3 aromatic rings. The number of pyridine rings is 1. The van der Waals surface area contributed by atoms with Crippen LogP contribution in [0.15, 0.2) is 48.0 Å². The van der Waals surface area contributed by atoms with Crippen LogP contribution in [0.1, 0.15) is 10.5 Å². The van der Waals surface area contributed by atoms with Crippen LogP contribution in [0, 0.1) is 0 Å². The van der Waals surface area contributed by atoms with E-state index in [9.17, 15) is 4.79 Å². The number of carbonyl (C=O) groups excluding carboxylic acids is 1. The monoisotopic (exact) mass is 345 g/mol. The fraction of sp³-hybridized carbons (Fsp3) is 0.0625. The van der Waals surface area contributed by atoms with E-state index in [1.54, 1.807) is 43.6 Å². The van der Waals surface area contributed by atoms with Crippen molar-refractivity contribution in [3.05, 3.63) is 58.7 Å². The average molecular weight is 346 g/mol. The van der Waals surface area contributed by atoms with Gasteiger partial charge in [-0.15, -0.1) is 11.3 Å². The Morgan fingerprint density at radius 1 is 1.30 bits per heavy atom. The highest BCUT2D eigenvalue weighted by Gasteiger charge is 2.11. The third-order valence-electron chi connectivity index (χ3n) is 3.07. The maximum Gasteiger partial charge on any atom is 0.276 e. The van der Waals surface area contributed by atoms with Crippen molar-refractivity contribution >= 4 is 34.0 Å². The molecule has 1 aromatic carbocycles.